The molecule has 0 saturated heterocycles. The molecule has 1 aliphatic rings. The summed E-state index contributed by atoms with van der Waals surface area (Å²) in [6.45, 7) is 2.49. The van der Waals surface area contributed by atoms with Gasteiger partial charge in [0.2, 0.25) is 0 Å². The molecule has 28 heavy (non-hydrogen) atoms. The van der Waals surface area contributed by atoms with Crippen LogP contribution in [0.5, 0.6) is 11.5 Å². The molecule has 3 aromatic rings. The van der Waals surface area contributed by atoms with Crippen LogP contribution in [0.25, 0.3) is 22.6 Å². The Morgan fingerprint density at radius 3 is 2.54 bits per heavy atom. The summed E-state index contributed by atoms with van der Waals surface area (Å²) in [7, 11) is 1.62. The molecule has 0 saturated carbocycles. The van der Waals surface area contributed by atoms with Crippen molar-refractivity contribution in [3.05, 3.63) is 83.4 Å². The van der Waals surface area contributed by atoms with E-state index < -0.39 is 0 Å². The molecule has 0 amide bonds. The summed E-state index contributed by atoms with van der Waals surface area (Å²) in [6.07, 6.45) is 3.60. The van der Waals surface area contributed by atoms with Gasteiger partial charge in [-0.05, 0) is 60.2 Å². The van der Waals surface area contributed by atoms with Crippen molar-refractivity contribution in [2.24, 2.45) is 0 Å². The Morgan fingerprint density at radius 2 is 1.79 bits per heavy atom. The second-order valence-corrected chi connectivity index (χ2v) is 6.36. The number of rotatable bonds is 5. The van der Waals surface area contributed by atoms with Crippen molar-refractivity contribution in [1.82, 2.24) is 0 Å². The fourth-order valence-electron chi connectivity index (χ4n) is 3.25. The number of esters is 1. The predicted octanol–water partition coefficient (Wildman–Crippen LogP) is 5.23. The minimum Gasteiger partial charge on any atom is -0.497 e. The van der Waals surface area contributed by atoms with E-state index in [4.69, 9.17) is 14.2 Å². The summed E-state index contributed by atoms with van der Waals surface area (Å²) in [6, 6.07) is 19.4. The maximum Gasteiger partial charge on any atom is 0.343 e. The van der Waals surface area contributed by atoms with E-state index >= 15 is 0 Å². The van der Waals surface area contributed by atoms with E-state index in [9.17, 15) is 4.79 Å². The van der Waals surface area contributed by atoms with Crippen LogP contribution >= 0.6 is 0 Å². The molecule has 0 atom stereocenters. The van der Waals surface area contributed by atoms with Crippen molar-refractivity contribution in [3.63, 3.8) is 0 Å². The quantitative estimate of drug-likeness (QED) is 0.454. The summed E-state index contributed by atoms with van der Waals surface area (Å²) in [5.41, 5.74) is 2.18. The molecule has 1 aliphatic heterocycles. The van der Waals surface area contributed by atoms with Gasteiger partial charge in [-0.3, -0.25) is 0 Å². The summed E-state index contributed by atoms with van der Waals surface area (Å²) >= 11 is 0. The first-order valence-electron chi connectivity index (χ1n) is 9.14. The van der Waals surface area contributed by atoms with Crippen LogP contribution < -0.4 is 9.47 Å². The van der Waals surface area contributed by atoms with E-state index in [1.165, 1.54) is 0 Å². The van der Waals surface area contributed by atoms with E-state index in [1.54, 1.807) is 13.2 Å². The molecule has 0 unspecified atom stereocenters. The number of cyclic esters (lactones) is 1. The number of fused-ring (bicyclic) bond motifs is 1. The largest absolute Gasteiger partial charge is 0.497 e. The van der Waals surface area contributed by atoms with Crippen LogP contribution in [-0.4, -0.2) is 19.7 Å². The van der Waals surface area contributed by atoms with Crippen LogP contribution in [-0.2, 0) is 9.53 Å². The molecule has 1 heterocycles. The van der Waals surface area contributed by atoms with E-state index in [1.807, 2.05) is 73.7 Å². The standard InChI is InChI=1S/C24H20O4/c1-3-27-22-13-10-16-6-4-5-7-20(16)21(22)14-18-15-23(28-24(18)25)17-8-11-19(26-2)12-9-17/h4-15H,3H2,1-2H3/b18-14+. The fourth-order valence-corrected chi connectivity index (χ4v) is 3.25. The molecule has 4 nitrogen and oxygen atoms in total. The van der Waals surface area contributed by atoms with Crippen LogP contribution in [0.2, 0.25) is 0 Å². The van der Waals surface area contributed by atoms with E-state index in [2.05, 4.69) is 0 Å². The van der Waals surface area contributed by atoms with Gasteiger partial charge in [0, 0.05) is 11.1 Å². The van der Waals surface area contributed by atoms with Gasteiger partial charge >= 0.3 is 5.97 Å². The summed E-state index contributed by atoms with van der Waals surface area (Å²) in [4.78, 5) is 12.5. The highest BCUT2D eigenvalue weighted by molar-refractivity contribution is 6.07. The van der Waals surface area contributed by atoms with Gasteiger partial charge in [-0.15, -0.1) is 0 Å². The highest BCUT2D eigenvalue weighted by atomic mass is 16.5. The van der Waals surface area contributed by atoms with Crippen molar-refractivity contribution >= 4 is 28.6 Å². The van der Waals surface area contributed by atoms with Crippen LogP contribution in [0, 0.1) is 0 Å². The second-order valence-electron chi connectivity index (χ2n) is 6.36. The first-order valence-corrected chi connectivity index (χ1v) is 9.14. The lowest BCUT2D eigenvalue weighted by Gasteiger charge is -2.11. The summed E-state index contributed by atoms with van der Waals surface area (Å²) in [5.74, 6) is 1.65. The van der Waals surface area contributed by atoms with Gasteiger partial charge in [-0.2, -0.15) is 0 Å². The Hall–Kier alpha value is -3.53. The van der Waals surface area contributed by atoms with Gasteiger partial charge in [0.05, 0.1) is 19.3 Å². The average Bonchev–Trinajstić information content (AvgIpc) is 3.10. The zero-order valence-electron chi connectivity index (χ0n) is 15.8. The number of carbonyl (C=O) groups excluding carboxylic acids is 1. The number of carbonyl (C=O) groups is 1. The zero-order chi connectivity index (χ0) is 19.5. The zero-order valence-corrected chi connectivity index (χ0v) is 15.8. The molecule has 140 valence electrons. The molecule has 0 aliphatic carbocycles. The molecule has 0 bridgehead atoms. The van der Waals surface area contributed by atoms with E-state index in [0.717, 1.165) is 33.4 Å². The molecule has 0 fully saturated rings. The molecule has 0 N–H and O–H groups in total. The fraction of sp³-hybridized carbons (Fsp3) is 0.125. The molecular weight excluding hydrogens is 352 g/mol. The highest BCUT2D eigenvalue weighted by Gasteiger charge is 2.23. The van der Waals surface area contributed by atoms with Crippen molar-refractivity contribution in [1.29, 1.82) is 0 Å². The van der Waals surface area contributed by atoms with Gasteiger partial charge in [0.1, 0.15) is 17.3 Å². The highest BCUT2D eigenvalue weighted by Crippen LogP contribution is 2.34. The topological polar surface area (TPSA) is 44.8 Å². The maximum absolute atomic E-state index is 12.5. The third-order valence-electron chi connectivity index (χ3n) is 4.63. The Balaban J connectivity index is 1.78. The first kappa shape index (κ1) is 17.9. The lowest BCUT2D eigenvalue weighted by molar-refractivity contribution is -0.130. The van der Waals surface area contributed by atoms with Crippen molar-refractivity contribution in [2.45, 2.75) is 6.92 Å². The van der Waals surface area contributed by atoms with Crippen LogP contribution in [0.15, 0.2) is 72.3 Å². The third-order valence-corrected chi connectivity index (χ3v) is 4.63. The normalized spacial score (nSPS) is 14.9. The van der Waals surface area contributed by atoms with Crippen molar-refractivity contribution in [3.8, 4) is 11.5 Å². The average molecular weight is 372 g/mol. The summed E-state index contributed by atoms with van der Waals surface area (Å²) in [5, 5.41) is 2.11. The molecular formula is C24H20O4. The van der Waals surface area contributed by atoms with Crippen molar-refractivity contribution in [2.75, 3.05) is 13.7 Å². The first-order chi connectivity index (χ1) is 13.7. The predicted molar refractivity (Wildman–Crippen MR) is 110 cm³/mol. The van der Waals surface area contributed by atoms with Gasteiger partial charge in [0.25, 0.3) is 0 Å². The lowest BCUT2D eigenvalue weighted by atomic mass is 10.0. The third kappa shape index (κ3) is 3.37. The lowest BCUT2D eigenvalue weighted by Crippen LogP contribution is -1.99. The smallest absolute Gasteiger partial charge is 0.343 e. The summed E-state index contributed by atoms with van der Waals surface area (Å²) < 4.78 is 16.5. The number of benzene rings is 3. The molecule has 4 rings (SSSR count). The van der Waals surface area contributed by atoms with Crippen LogP contribution in [0.4, 0.5) is 0 Å². The molecule has 0 radical (unpaired) electrons. The number of ether oxygens (including phenoxy) is 3. The monoisotopic (exact) mass is 372 g/mol. The van der Waals surface area contributed by atoms with Gasteiger partial charge in [-0.25, -0.2) is 4.79 Å². The van der Waals surface area contributed by atoms with Gasteiger partial charge in [-0.1, -0.05) is 30.3 Å². The minimum atomic E-state index is -0.374. The molecule has 0 spiro atoms. The van der Waals surface area contributed by atoms with E-state index in [0.29, 0.717) is 17.9 Å². The molecule has 0 aromatic heterocycles. The van der Waals surface area contributed by atoms with E-state index in [-0.39, 0.29) is 5.97 Å². The van der Waals surface area contributed by atoms with Crippen LogP contribution in [0.3, 0.4) is 0 Å². The SMILES string of the molecule is CCOc1ccc2ccccc2c1/C=C1\C=C(c2ccc(OC)cc2)OC1=O. The van der Waals surface area contributed by atoms with Crippen LogP contribution in [0.1, 0.15) is 18.1 Å². The Kier molecular flexibility index (Phi) is 4.85. The number of hydrogen-bond acceptors (Lipinski definition) is 4. The Morgan fingerprint density at radius 1 is 1.00 bits per heavy atom. The maximum atomic E-state index is 12.5. The Labute approximate surface area is 163 Å². The Bertz CT molecular complexity index is 1090. The minimum absolute atomic E-state index is 0.374. The van der Waals surface area contributed by atoms with Crippen molar-refractivity contribution < 1.29 is 19.0 Å². The second kappa shape index (κ2) is 7.61. The number of hydrogen-bond donors (Lipinski definition) is 0. The molecule has 3 aromatic carbocycles. The number of methoxy groups -OCH3 is 1. The van der Waals surface area contributed by atoms with Gasteiger partial charge in [0.15, 0.2) is 0 Å². The molecule has 4 heteroatoms. The van der Waals surface area contributed by atoms with Gasteiger partial charge < -0.3 is 14.2 Å².